The van der Waals surface area contributed by atoms with Crippen LogP contribution >= 0.6 is 0 Å². The van der Waals surface area contributed by atoms with Crippen LogP contribution in [0.15, 0.2) is 35.4 Å². The molecule has 1 aromatic carbocycles. The molecule has 6 nitrogen and oxygen atoms in total. The average molecular weight is 373 g/mol. The molecular weight excluding hydrogens is 340 g/mol. The summed E-state index contributed by atoms with van der Waals surface area (Å²) in [4.78, 5) is 13.1. The highest BCUT2D eigenvalue weighted by Crippen LogP contribution is 2.22. The Morgan fingerprint density at radius 1 is 1.04 bits per heavy atom. The summed E-state index contributed by atoms with van der Waals surface area (Å²) < 4.78 is 0. The van der Waals surface area contributed by atoms with Crippen molar-refractivity contribution in [3.8, 4) is 0 Å². The van der Waals surface area contributed by atoms with Gasteiger partial charge in [0.15, 0.2) is 0 Å². The molecule has 0 aromatic heterocycles. The van der Waals surface area contributed by atoms with Gasteiger partial charge >= 0.3 is 5.97 Å². The fourth-order valence-corrected chi connectivity index (χ4v) is 3.95. The van der Waals surface area contributed by atoms with E-state index in [-0.39, 0.29) is 6.42 Å². The van der Waals surface area contributed by atoms with E-state index in [1.54, 1.807) is 12.1 Å². The van der Waals surface area contributed by atoms with Crippen LogP contribution in [0.2, 0.25) is 0 Å². The second-order valence-electron chi connectivity index (χ2n) is 7.59. The highest BCUT2D eigenvalue weighted by atomic mass is 16.4. The predicted octanol–water partition coefficient (Wildman–Crippen LogP) is 5.23. The molecule has 2 saturated carbocycles. The van der Waals surface area contributed by atoms with Crippen LogP contribution in [-0.2, 0) is 11.2 Å². The van der Waals surface area contributed by atoms with Gasteiger partial charge in [-0.3, -0.25) is 4.79 Å². The first-order chi connectivity index (χ1) is 13.2. The Labute approximate surface area is 162 Å². The molecule has 0 radical (unpaired) electrons. The molecule has 0 spiro atoms. The fourth-order valence-electron chi connectivity index (χ4n) is 3.95. The molecule has 3 rings (SSSR count). The van der Waals surface area contributed by atoms with Gasteiger partial charge in [-0.25, -0.2) is 0 Å². The molecule has 148 valence electrons. The third-order valence-corrected chi connectivity index (χ3v) is 5.43. The van der Waals surface area contributed by atoms with E-state index in [4.69, 9.17) is 10.6 Å². The summed E-state index contributed by atoms with van der Waals surface area (Å²) in [5, 5.41) is 15.8. The van der Waals surface area contributed by atoms with Crippen molar-refractivity contribution in [3.63, 3.8) is 0 Å². The van der Waals surface area contributed by atoms with E-state index in [0.717, 1.165) is 17.6 Å². The largest absolute Gasteiger partial charge is 0.481 e. The summed E-state index contributed by atoms with van der Waals surface area (Å²) >= 11 is 0. The summed E-state index contributed by atoms with van der Waals surface area (Å²) in [5.41, 5.74) is 9.00. The topological polar surface area (TPSA) is 98.1 Å². The Balaban J connectivity index is 0.000000194. The SMILES string of the molecule is C1CCC(NC2CCCCC2)CC1.[N-]=[N+]=NC(Cc1ccccc1)C(=O)O. The van der Waals surface area contributed by atoms with Gasteiger partial charge in [-0.2, -0.15) is 0 Å². The van der Waals surface area contributed by atoms with E-state index in [1.807, 2.05) is 18.2 Å². The lowest BCUT2D eigenvalue weighted by molar-refractivity contribution is -0.138. The molecule has 0 saturated heterocycles. The van der Waals surface area contributed by atoms with Gasteiger partial charge in [0.05, 0.1) is 0 Å². The number of hydrogen-bond acceptors (Lipinski definition) is 3. The van der Waals surface area contributed by atoms with Gasteiger partial charge in [0.1, 0.15) is 6.04 Å². The smallest absolute Gasteiger partial charge is 0.312 e. The summed E-state index contributed by atoms with van der Waals surface area (Å²) in [5.74, 6) is -1.10. The molecule has 0 amide bonds. The lowest BCUT2D eigenvalue weighted by Crippen LogP contribution is -2.40. The van der Waals surface area contributed by atoms with Crippen molar-refractivity contribution < 1.29 is 9.90 Å². The van der Waals surface area contributed by atoms with E-state index in [9.17, 15) is 4.79 Å². The van der Waals surface area contributed by atoms with Crippen LogP contribution < -0.4 is 5.32 Å². The summed E-state index contributed by atoms with van der Waals surface area (Å²) in [6, 6.07) is 9.77. The molecule has 27 heavy (non-hydrogen) atoms. The van der Waals surface area contributed by atoms with E-state index >= 15 is 0 Å². The average Bonchev–Trinajstić information content (AvgIpc) is 2.70. The molecule has 2 N–H and O–H groups in total. The van der Waals surface area contributed by atoms with E-state index in [2.05, 4.69) is 15.3 Å². The van der Waals surface area contributed by atoms with Crippen LogP contribution in [0.5, 0.6) is 0 Å². The molecule has 0 aliphatic heterocycles. The number of benzene rings is 1. The molecule has 6 heteroatoms. The number of azide groups is 1. The minimum atomic E-state index is -1.10. The van der Waals surface area contributed by atoms with Crippen LogP contribution in [0.3, 0.4) is 0 Å². The molecule has 0 heterocycles. The zero-order valence-corrected chi connectivity index (χ0v) is 16.1. The maximum Gasteiger partial charge on any atom is 0.312 e. The minimum absolute atomic E-state index is 0.222. The van der Waals surface area contributed by atoms with Crippen molar-refractivity contribution in [3.05, 3.63) is 46.3 Å². The third-order valence-electron chi connectivity index (χ3n) is 5.43. The Hall–Kier alpha value is -2.04. The first-order valence-electron chi connectivity index (χ1n) is 10.3. The molecular formula is C21H32N4O2. The van der Waals surface area contributed by atoms with Crippen molar-refractivity contribution in [1.29, 1.82) is 0 Å². The van der Waals surface area contributed by atoms with Gasteiger partial charge in [-0.05, 0) is 43.2 Å². The summed E-state index contributed by atoms with van der Waals surface area (Å²) in [6.07, 6.45) is 14.8. The van der Waals surface area contributed by atoms with E-state index < -0.39 is 12.0 Å². The number of carbonyl (C=O) groups is 1. The van der Waals surface area contributed by atoms with Gasteiger partial charge in [0.25, 0.3) is 0 Å². The molecule has 1 atom stereocenters. The highest BCUT2D eigenvalue weighted by Gasteiger charge is 2.19. The van der Waals surface area contributed by atoms with Gasteiger partial charge < -0.3 is 10.4 Å². The van der Waals surface area contributed by atoms with Crippen LogP contribution in [0.1, 0.15) is 69.8 Å². The summed E-state index contributed by atoms with van der Waals surface area (Å²) in [7, 11) is 0. The lowest BCUT2D eigenvalue weighted by Gasteiger charge is -2.30. The molecule has 2 aliphatic carbocycles. The predicted molar refractivity (Wildman–Crippen MR) is 108 cm³/mol. The van der Waals surface area contributed by atoms with Crippen LogP contribution in [0.4, 0.5) is 0 Å². The van der Waals surface area contributed by atoms with Gasteiger partial charge in [0.2, 0.25) is 0 Å². The van der Waals surface area contributed by atoms with Crippen LogP contribution in [-0.4, -0.2) is 29.2 Å². The van der Waals surface area contributed by atoms with Crippen molar-refractivity contribution in [2.75, 3.05) is 0 Å². The normalized spacial score (nSPS) is 19.3. The molecule has 2 fully saturated rings. The maximum absolute atomic E-state index is 10.6. The number of nitrogens with zero attached hydrogens (tertiary/aromatic N) is 3. The molecule has 0 bridgehead atoms. The second-order valence-corrected chi connectivity index (χ2v) is 7.59. The maximum atomic E-state index is 10.6. The number of carboxylic acids is 1. The Kier molecular flexibility index (Phi) is 9.74. The number of aliphatic carboxylic acids is 1. The lowest BCUT2D eigenvalue weighted by atomic mass is 9.91. The number of carboxylic acid groups (broad SMARTS) is 1. The number of nitrogens with one attached hydrogen (secondary N) is 1. The Bertz CT molecular complexity index is 571. The van der Waals surface area contributed by atoms with Crippen LogP contribution in [0.25, 0.3) is 10.4 Å². The second kappa shape index (κ2) is 12.4. The van der Waals surface area contributed by atoms with Crippen molar-refractivity contribution >= 4 is 5.97 Å². The van der Waals surface area contributed by atoms with Crippen molar-refractivity contribution in [2.24, 2.45) is 5.11 Å². The number of rotatable bonds is 6. The van der Waals surface area contributed by atoms with Gasteiger partial charge in [-0.15, -0.1) is 0 Å². The van der Waals surface area contributed by atoms with Crippen LogP contribution in [0, 0.1) is 0 Å². The zero-order valence-electron chi connectivity index (χ0n) is 16.1. The third kappa shape index (κ3) is 8.46. The standard InChI is InChI=1S/C12H23N.C9H9N3O2/c1-3-7-11(8-4-1)13-12-9-5-2-6-10-12;10-12-11-8(9(13)14)6-7-4-2-1-3-5-7/h11-13H,1-10H2;1-5,8H,6H2,(H,13,14). The van der Waals surface area contributed by atoms with Crippen molar-refractivity contribution in [2.45, 2.75) is 88.8 Å². The summed E-state index contributed by atoms with van der Waals surface area (Å²) in [6.45, 7) is 0. The van der Waals surface area contributed by atoms with Crippen molar-refractivity contribution in [1.82, 2.24) is 5.32 Å². The highest BCUT2D eigenvalue weighted by molar-refractivity contribution is 5.74. The molecule has 1 aromatic rings. The van der Waals surface area contributed by atoms with Gasteiger partial charge in [0, 0.05) is 17.0 Å². The zero-order chi connectivity index (χ0) is 19.3. The first kappa shape index (κ1) is 21.3. The van der Waals surface area contributed by atoms with E-state index in [0.29, 0.717) is 0 Å². The fraction of sp³-hybridized carbons (Fsp3) is 0.667. The van der Waals surface area contributed by atoms with Gasteiger partial charge in [-0.1, -0.05) is 74.0 Å². The Morgan fingerprint density at radius 2 is 1.56 bits per heavy atom. The van der Waals surface area contributed by atoms with E-state index in [1.165, 1.54) is 64.2 Å². The Morgan fingerprint density at radius 3 is 2.00 bits per heavy atom. The monoisotopic (exact) mass is 372 g/mol. The molecule has 1 unspecified atom stereocenters. The quantitative estimate of drug-likeness (QED) is 0.406. The minimum Gasteiger partial charge on any atom is -0.481 e. The molecule has 2 aliphatic rings. The first-order valence-corrected chi connectivity index (χ1v) is 10.3. The number of hydrogen-bond donors (Lipinski definition) is 2.